The molecule has 1 aliphatic heterocycles. The summed E-state index contributed by atoms with van der Waals surface area (Å²) in [4.78, 5) is 9.01. The van der Waals surface area contributed by atoms with E-state index < -0.39 is 0 Å². The van der Waals surface area contributed by atoms with Gasteiger partial charge < -0.3 is 9.47 Å². The molecule has 4 rings (SSSR count). The Morgan fingerprint density at radius 2 is 2.00 bits per heavy atom. The van der Waals surface area contributed by atoms with Crippen molar-refractivity contribution in [3.8, 4) is 22.8 Å². The van der Waals surface area contributed by atoms with E-state index in [4.69, 9.17) is 9.47 Å². The average molecular weight is 270 g/mol. The number of hydrogen-bond acceptors (Lipinski definition) is 5. The first-order valence-electron chi connectivity index (χ1n) is 5.93. The Morgan fingerprint density at radius 1 is 1.11 bits per heavy atom. The number of rotatable bonds is 1. The Labute approximate surface area is 113 Å². The third-order valence-corrected chi connectivity index (χ3v) is 3.97. The molecule has 0 spiro atoms. The highest BCUT2D eigenvalue weighted by atomic mass is 32.1. The second-order valence-electron chi connectivity index (χ2n) is 4.32. The largest absolute Gasteiger partial charge is 0.454 e. The molecule has 0 saturated carbocycles. The Bertz CT molecular complexity index is 782. The van der Waals surface area contributed by atoms with Crippen molar-refractivity contribution in [2.24, 2.45) is 0 Å². The molecule has 3 aromatic rings. The lowest BCUT2D eigenvalue weighted by Crippen LogP contribution is -1.93. The zero-order valence-electron chi connectivity index (χ0n) is 10.2. The first kappa shape index (κ1) is 10.8. The standard InChI is InChI=1S/C14H10N2O2S/c1-8-15-10-4-5-19-14(10)13(16-8)9-2-3-11-12(6-9)18-7-17-11/h2-6H,7H2,1H3. The molecule has 1 aromatic carbocycles. The van der Waals surface area contributed by atoms with Crippen LogP contribution in [0.1, 0.15) is 5.82 Å². The van der Waals surface area contributed by atoms with Gasteiger partial charge in [-0.2, -0.15) is 0 Å². The van der Waals surface area contributed by atoms with E-state index in [1.54, 1.807) is 11.3 Å². The molecule has 0 N–H and O–H groups in total. The van der Waals surface area contributed by atoms with Gasteiger partial charge in [0, 0.05) is 5.56 Å². The molecule has 1 aliphatic rings. The van der Waals surface area contributed by atoms with Gasteiger partial charge in [-0.25, -0.2) is 9.97 Å². The van der Waals surface area contributed by atoms with Gasteiger partial charge in [-0.05, 0) is 36.6 Å². The number of aromatic nitrogens is 2. The second kappa shape index (κ2) is 3.93. The van der Waals surface area contributed by atoms with Gasteiger partial charge in [0.1, 0.15) is 5.82 Å². The monoisotopic (exact) mass is 270 g/mol. The van der Waals surface area contributed by atoms with E-state index in [0.717, 1.165) is 38.8 Å². The molecule has 5 heteroatoms. The van der Waals surface area contributed by atoms with Crippen LogP contribution in [0.4, 0.5) is 0 Å². The van der Waals surface area contributed by atoms with Crippen LogP contribution in [-0.2, 0) is 0 Å². The maximum Gasteiger partial charge on any atom is 0.231 e. The number of ether oxygens (including phenoxy) is 2. The van der Waals surface area contributed by atoms with Crippen molar-refractivity contribution in [3.63, 3.8) is 0 Å². The van der Waals surface area contributed by atoms with Crippen LogP contribution >= 0.6 is 11.3 Å². The van der Waals surface area contributed by atoms with Gasteiger partial charge >= 0.3 is 0 Å². The van der Waals surface area contributed by atoms with Crippen LogP contribution in [0.25, 0.3) is 21.5 Å². The van der Waals surface area contributed by atoms with Crippen LogP contribution in [0.5, 0.6) is 11.5 Å². The first-order valence-corrected chi connectivity index (χ1v) is 6.81. The topological polar surface area (TPSA) is 44.2 Å². The van der Waals surface area contributed by atoms with Crippen molar-refractivity contribution < 1.29 is 9.47 Å². The number of thiophene rings is 1. The van der Waals surface area contributed by atoms with Gasteiger partial charge in [0.25, 0.3) is 0 Å². The van der Waals surface area contributed by atoms with Crippen molar-refractivity contribution in [1.29, 1.82) is 0 Å². The predicted octanol–water partition coefficient (Wildman–Crippen LogP) is 3.40. The van der Waals surface area contributed by atoms with Gasteiger partial charge in [0.2, 0.25) is 6.79 Å². The molecule has 0 amide bonds. The van der Waals surface area contributed by atoms with Gasteiger partial charge in [0.15, 0.2) is 11.5 Å². The van der Waals surface area contributed by atoms with Crippen molar-refractivity contribution in [2.75, 3.05) is 6.79 Å². The smallest absolute Gasteiger partial charge is 0.231 e. The summed E-state index contributed by atoms with van der Waals surface area (Å²) in [5, 5.41) is 2.04. The summed E-state index contributed by atoms with van der Waals surface area (Å²) in [6.45, 7) is 2.20. The van der Waals surface area contributed by atoms with E-state index in [1.165, 1.54) is 0 Å². The molecule has 0 radical (unpaired) electrons. The molecular formula is C14H10N2O2S. The quantitative estimate of drug-likeness (QED) is 0.680. The SMILES string of the molecule is Cc1nc(-c2ccc3c(c2)OCO3)c2sccc2n1. The third-order valence-electron chi connectivity index (χ3n) is 3.06. The zero-order valence-corrected chi connectivity index (χ0v) is 11.0. The van der Waals surface area contributed by atoms with Crippen molar-refractivity contribution >= 4 is 21.6 Å². The number of hydrogen-bond donors (Lipinski definition) is 0. The Hall–Kier alpha value is -2.14. The number of nitrogens with zero attached hydrogens (tertiary/aromatic N) is 2. The average Bonchev–Trinajstić information content (AvgIpc) is 3.04. The molecule has 4 nitrogen and oxygen atoms in total. The molecule has 94 valence electrons. The van der Waals surface area contributed by atoms with Crippen LogP contribution in [0.3, 0.4) is 0 Å². The molecule has 3 heterocycles. The normalized spacial score (nSPS) is 13.1. The van der Waals surface area contributed by atoms with Gasteiger partial charge in [-0.3, -0.25) is 0 Å². The fourth-order valence-electron chi connectivity index (χ4n) is 2.22. The Kier molecular flexibility index (Phi) is 2.22. The number of benzene rings is 1. The Morgan fingerprint density at radius 3 is 2.95 bits per heavy atom. The van der Waals surface area contributed by atoms with E-state index in [0.29, 0.717) is 0 Å². The molecule has 0 saturated heterocycles. The molecule has 0 atom stereocenters. The lowest BCUT2D eigenvalue weighted by molar-refractivity contribution is 0.174. The van der Waals surface area contributed by atoms with E-state index in [-0.39, 0.29) is 6.79 Å². The highest BCUT2D eigenvalue weighted by Gasteiger charge is 2.16. The van der Waals surface area contributed by atoms with E-state index in [1.807, 2.05) is 36.6 Å². The van der Waals surface area contributed by atoms with Crippen molar-refractivity contribution in [3.05, 3.63) is 35.5 Å². The van der Waals surface area contributed by atoms with Crippen LogP contribution in [0.15, 0.2) is 29.6 Å². The van der Waals surface area contributed by atoms with Crippen molar-refractivity contribution in [1.82, 2.24) is 9.97 Å². The van der Waals surface area contributed by atoms with E-state index in [2.05, 4.69) is 9.97 Å². The minimum absolute atomic E-state index is 0.288. The number of fused-ring (bicyclic) bond motifs is 2. The van der Waals surface area contributed by atoms with E-state index >= 15 is 0 Å². The minimum Gasteiger partial charge on any atom is -0.454 e. The molecule has 2 aromatic heterocycles. The second-order valence-corrected chi connectivity index (χ2v) is 5.24. The highest BCUT2D eigenvalue weighted by molar-refractivity contribution is 7.17. The molecule has 0 bridgehead atoms. The summed E-state index contributed by atoms with van der Waals surface area (Å²) < 4.78 is 11.9. The lowest BCUT2D eigenvalue weighted by atomic mass is 10.1. The summed E-state index contributed by atoms with van der Waals surface area (Å²) in [6, 6.07) is 7.93. The van der Waals surface area contributed by atoms with Gasteiger partial charge in [-0.15, -0.1) is 11.3 Å². The summed E-state index contributed by atoms with van der Waals surface area (Å²) >= 11 is 1.65. The van der Waals surface area contributed by atoms with Gasteiger partial charge in [0.05, 0.1) is 15.9 Å². The maximum atomic E-state index is 5.42. The Balaban J connectivity index is 1.96. The molecule has 0 fully saturated rings. The molecule has 19 heavy (non-hydrogen) atoms. The zero-order chi connectivity index (χ0) is 12.8. The van der Waals surface area contributed by atoms with Crippen LogP contribution < -0.4 is 9.47 Å². The lowest BCUT2D eigenvalue weighted by Gasteiger charge is -2.05. The summed E-state index contributed by atoms with van der Waals surface area (Å²) in [6.07, 6.45) is 0. The number of aryl methyl sites for hydroxylation is 1. The van der Waals surface area contributed by atoms with Crippen LogP contribution in [-0.4, -0.2) is 16.8 Å². The fraction of sp³-hybridized carbons (Fsp3) is 0.143. The summed E-state index contributed by atoms with van der Waals surface area (Å²) in [5.41, 5.74) is 2.98. The summed E-state index contributed by atoms with van der Waals surface area (Å²) in [5.74, 6) is 2.34. The van der Waals surface area contributed by atoms with Crippen LogP contribution in [0, 0.1) is 6.92 Å². The highest BCUT2D eigenvalue weighted by Crippen LogP contribution is 2.38. The maximum absolute atomic E-state index is 5.42. The van der Waals surface area contributed by atoms with Crippen LogP contribution in [0.2, 0.25) is 0 Å². The molecule has 0 unspecified atom stereocenters. The molecule has 0 aliphatic carbocycles. The van der Waals surface area contributed by atoms with Crippen molar-refractivity contribution in [2.45, 2.75) is 6.92 Å². The third kappa shape index (κ3) is 1.66. The molecular weight excluding hydrogens is 260 g/mol. The predicted molar refractivity (Wildman–Crippen MR) is 73.7 cm³/mol. The van der Waals surface area contributed by atoms with Gasteiger partial charge in [-0.1, -0.05) is 0 Å². The first-order chi connectivity index (χ1) is 9.31. The van der Waals surface area contributed by atoms with E-state index in [9.17, 15) is 0 Å². The summed E-state index contributed by atoms with van der Waals surface area (Å²) in [7, 11) is 0. The fourth-order valence-corrected chi connectivity index (χ4v) is 3.06. The minimum atomic E-state index is 0.288.